The van der Waals surface area contributed by atoms with Gasteiger partial charge in [0.2, 0.25) is 5.91 Å². The standard InChI is InChI=1S/C23H16ClNO5/c24-15-3-1-2-13(11-15)10-14-4-6-18-22(29)17-7-5-16(12-19(17)30-23(14)18)25-20(26)8-9-21(27)28/h1-3,5,7-12H,4,6H2,(H,25,26)(H,27,28)/b9-8+,14-10+. The van der Waals surface area contributed by atoms with E-state index in [0.29, 0.717) is 45.8 Å². The predicted molar refractivity (Wildman–Crippen MR) is 116 cm³/mol. The van der Waals surface area contributed by atoms with E-state index in [9.17, 15) is 14.4 Å². The highest BCUT2D eigenvalue weighted by Gasteiger charge is 2.24. The molecule has 0 fully saturated rings. The zero-order valence-corrected chi connectivity index (χ0v) is 16.4. The highest BCUT2D eigenvalue weighted by molar-refractivity contribution is 6.30. The van der Waals surface area contributed by atoms with Crippen LogP contribution < -0.4 is 10.7 Å². The summed E-state index contributed by atoms with van der Waals surface area (Å²) in [6.07, 6.45) is 4.89. The molecule has 0 radical (unpaired) electrons. The molecule has 1 aliphatic carbocycles. The normalized spacial score (nSPS) is 14.4. The smallest absolute Gasteiger partial charge is 0.328 e. The minimum Gasteiger partial charge on any atom is -0.478 e. The third-order valence-corrected chi connectivity index (χ3v) is 4.99. The van der Waals surface area contributed by atoms with Gasteiger partial charge in [-0.1, -0.05) is 23.7 Å². The highest BCUT2D eigenvalue weighted by Crippen LogP contribution is 2.34. The molecule has 1 heterocycles. The Balaban J connectivity index is 1.72. The Hall–Kier alpha value is -3.64. The Kier molecular flexibility index (Phi) is 5.25. The van der Waals surface area contributed by atoms with Crippen LogP contribution in [0.2, 0.25) is 5.02 Å². The molecule has 0 bridgehead atoms. The first-order valence-electron chi connectivity index (χ1n) is 9.19. The topological polar surface area (TPSA) is 96.6 Å². The first-order chi connectivity index (χ1) is 14.4. The van der Waals surface area contributed by atoms with Gasteiger partial charge < -0.3 is 14.8 Å². The molecular formula is C23H16ClNO5. The van der Waals surface area contributed by atoms with Crippen molar-refractivity contribution in [2.75, 3.05) is 5.32 Å². The van der Waals surface area contributed by atoms with Crippen molar-refractivity contribution in [3.8, 4) is 0 Å². The van der Waals surface area contributed by atoms with Gasteiger partial charge in [-0.05, 0) is 54.3 Å². The number of fused-ring (bicyclic) bond motifs is 2. The second-order valence-corrected chi connectivity index (χ2v) is 7.27. The molecule has 0 aliphatic heterocycles. The lowest BCUT2D eigenvalue weighted by molar-refractivity contribution is -0.131. The average molecular weight is 422 g/mol. The van der Waals surface area contributed by atoms with E-state index in [1.165, 1.54) is 0 Å². The lowest BCUT2D eigenvalue weighted by Crippen LogP contribution is -2.11. The number of aliphatic carboxylic acids is 1. The van der Waals surface area contributed by atoms with Gasteiger partial charge >= 0.3 is 5.97 Å². The van der Waals surface area contributed by atoms with Gasteiger partial charge in [0.25, 0.3) is 0 Å². The summed E-state index contributed by atoms with van der Waals surface area (Å²) < 4.78 is 6.06. The SMILES string of the molecule is O=C(O)/C=C/C(=O)Nc1ccc2c(=O)c3c(oc2c1)/C(=C/c1cccc(Cl)c1)CC3. The number of amides is 1. The van der Waals surface area contributed by atoms with E-state index in [1.54, 1.807) is 24.3 Å². The summed E-state index contributed by atoms with van der Waals surface area (Å²) in [6.45, 7) is 0. The number of halogens is 1. The number of carbonyl (C=O) groups is 2. The summed E-state index contributed by atoms with van der Waals surface area (Å²) in [5.41, 5.74) is 3.10. The maximum atomic E-state index is 12.9. The molecule has 30 heavy (non-hydrogen) atoms. The average Bonchev–Trinajstić information content (AvgIpc) is 3.09. The summed E-state index contributed by atoms with van der Waals surface area (Å²) >= 11 is 6.06. The second kappa shape index (κ2) is 8.00. The largest absolute Gasteiger partial charge is 0.478 e. The van der Waals surface area contributed by atoms with E-state index < -0.39 is 11.9 Å². The fourth-order valence-electron chi connectivity index (χ4n) is 3.44. The minimum absolute atomic E-state index is 0.0932. The molecule has 4 rings (SSSR count). The van der Waals surface area contributed by atoms with Crippen LogP contribution in [0.15, 0.2) is 63.8 Å². The quantitative estimate of drug-likeness (QED) is 0.604. The maximum absolute atomic E-state index is 12.9. The fourth-order valence-corrected chi connectivity index (χ4v) is 3.63. The molecule has 0 spiro atoms. The van der Waals surface area contributed by atoms with Crippen LogP contribution in [0.1, 0.15) is 23.3 Å². The fraction of sp³-hybridized carbons (Fsp3) is 0.0870. The predicted octanol–water partition coefficient (Wildman–Crippen LogP) is 4.51. The number of allylic oxidation sites excluding steroid dienone is 1. The molecule has 0 saturated heterocycles. The maximum Gasteiger partial charge on any atom is 0.328 e. The summed E-state index contributed by atoms with van der Waals surface area (Å²) in [6, 6.07) is 12.1. The van der Waals surface area contributed by atoms with Gasteiger partial charge in [-0.3, -0.25) is 9.59 Å². The van der Waals surface area contributed by atoms with Crippen molar-refractivity contribution >= 4 is 51.8 Å². The Morgan fingerprint density at radius 3 is 2.70 bits per heavy atom. The van der Waals surface area contributed by atoms with E-state index >= 15 is 0 Å². The van der Waals surface area contributed by atoms with Gasteiger partial charge in [-0.2, -0.15) is 0 Å². The monoisotopic (exact) mass is 421 g/mol. The lowest BCUT2D eigenvalue weighted by Gasteiger charge is -2.07. The molecule has 0 unspecified atom stereocenters. The van der Waals surface area contributed by atoms with E-state index in [2.05, 4.69) is 5.32 Å². The number of benzene rings is 2. The number of rotatable bonds is 4. The Morgan fingerprint density at radius 2 is 1.93 bits per heavy atom. The Bertz CT molecular complexity index is 1300. The van der Waals surface area contributed by atoms with Crippen LogP contribution in [0, 0.1) is 0 Å². The number of nitrogens with one attached hydrogen (secondary N) is 1. The zero-order chi connectivity index (χ0) is 21.3. The van der Waals surface area contributed by atoms with Crippen LogP contribution in [0.25, 0.3) is 22.6 Å². The second-order valence-electron chi connectivity index (χ2n) is 6.84. The molecule has 0 saturated carbocycles. The lowest BCUT2D eigenvalue weighted by atomic mass is 10.1. The third-order valence-electron chi connectivity index (χ3n) is 4.76. The van der Waals surface area contributed by atoms with Gasteiger partial charge in [0.05, 0.1) is 5.39 Å². The van der Waals surface area contributed by atoms with Crippen LogP contribution in [0.4, 0.5) is 5.69 Å². The minimum atomic E-state index is -1.22. The van der Waals surface area contributed by atoms with Gasteiger partial charge in [-0.15, -0.1) is 0 Å². The third kappa shape index (κ3) is 4.04. The van der Waals surface area contributed by atoms with Crippen LogP contribution in [-0.2, 0) is 16.0 Å². The van der Waals surface area contributed by atoms with E-state index in [4.69, 9.17) is 21.1 Å². The van der Waals surface area contributed by atoms with Gasteiger partial charge in [-0.25, -0.2) is 4.79 Å². The first-order valence-corrected chi connectivity index (χ1v) is 9.57. The molecule has 7 heteroatoms. The van der Waals surface area contributed by atoms with E-state index in [-0.39, 0.29) is 5.43 Å². The van der Waals surface area contributed by atoms with Crippen molar-refractivity contribution in [1.82, 2.24) is 0 Å². The van der Waals surface area contributed by atoms with Crippen LogP contribution in [-0.4, -0.2) is 17.0 Å². The van der Waals surface area contributed by atoms with Crippen molar-refractivity contribution in [2.24, 2.45) is 0 Å². The number of hydrogen-bond donors (Lipinski definition) is 2. The Morgan fingerprint density at radius 1 is 1.10 bits per heavy atom. The number of carboxylic acid groups (broad SMARTS) is 1. The van der Waals surface area contributed by atoms with Crippen molar-refractivity contribution in [1.29, 1.82) is 0 Å². The summed E-state index contributed by atoms with van der Waals surface area (Å²) in [4.78, 5) is 35.3. The molecule has 0 atom stereocenters. The summed E-state index contributed by atoms with van der Waals surface area (Å²) in [7, 11) is 0. The Labute approximate surface area is 176 Å². The molecular weight excluding hydrogens is 406 g/mol. The molecule has 1 amide bonds. The molecule has 1 aromatic heterocycles. The number of anilines is 1. The van der Waals surface area contributed by atoms with Gasteiger partial charge in [0, 0.05) is 34.5 Å². The van der Waals surface area contributed by atoms with Crippen molar-refractivity contribution in [2.45, 2.75) is 12.8 Å². The number of carbonyl (C=O) groups excluding carboxylic acids is 1. The van der Waals surface area contributed by atoms with Crippen molar-refractivity contribution in [3.63, 3.8) is 0 Å². The van der Waals surface area contributed by atoms with Crippen LogP contribution in [0.5, 0.6) is 0 Å². The van der Waals surface area contributed by atoms with E-state index in [0.717, 1.165) is 23.3 Å². The zero-order valence-electron chi connectivity index (χ0n) is 15.6. The van der Waals surface area contributed by atoms with Crippen molar-refractivity contribution in [3.05, 3.63) is 86.7 Å². The van der Waals surface area contributed by atoms with E-state index in [1.807, 2.05) is 24.3 Å². The number of hydrogen-bond acceptors (Lipinski definition) is 4. The number of carboxylic acids is 1. The molecule has 2 aromatic carbocycles. The summed E-state index contributed by atoms with van der Waals surface area (Å²) in [5.74, 6) is -1.27. The summed E-state index contributed by atoms with van der Waals surface area (Å²) in [5, 5.41) is 12.2. The van der Waals surface area contributed by atoms with Crippen LogP contribution in [0.3, 0.4) is 0 Å². The molecule has 150 valence electrons. The molecule has 3 aromatic rings. The van der Waals surface area contributed by atoms with Crippen LogP contribution >= 0.6 is 11.6 Å². The van der Waals surface area contributed by atoms with Gasteiger partial charge in [0.1, 0.15) is 11.3 Å². The molecule has 6 nitrogen and oxygen atoms in total. The highest BCUT2D eigenvalue weighted by atomic mass is 35.5. The van der Waals surface area contributed by atoms with Gasteiger partial charge in [0.15, 0.2) is 5.43 Å². The first kappa shape index (κ1) is 19.7. The molecule has 1 aliphatic rings. The van der Waals surface area contributed by atoms with Crippen molar-refractivity contribution < 1.29 is 19.1 Å². The molecule has 2 N–H and O–H groups in total.